The normalized spacial score (nSPS) is 16.4. The highest BCUT2D eigenvalue weighted by Crippen LogP contribution is 2.27. The molecule has 0 fully saturated rings. The summed E-state index contributed by atoms with van der Waals surface area (Å²) >= 11 is 0. The molecule has 2 N–H and O–H groups in total. The van der Waals surface area contributed by atoms with Crippen molar-refractivity contribution in [3.8, 4) is 5.75 Å². The summed E-state index contributed by atoms with van der Waals surface area (Å²) in [6.07, 6.45) is -0.424. The topological polar surface area (TPSA) is 76.7 Å². The molecular weight excluding hydrogens is 284 g/mol. The zero-order chi connectivity index (χ0) is 16.2. The van der Waals surface area contributed by atoms with E-state index in [0.717, 1.165) is 11.3 Å². The average Bonchev–Trinajstić information content (AvgIpc) is 2.85. The fraction of sp³-hybridized carbons (Fsp3) is 0.500. The van der Waals surface area contributed by atoms with Gasteiger partial charge in [0, 0.05) is 19.5 Å². The molecule has 1 unspecified atom stereocenters. The third kappa shape index (κ3) is 4.65. The van der Waals surface area contributed by atoms with Crippen molar-refractivity contribution in [1.82, 2.24) is 10.6 Å². The SMILES string of the molecule is CC(C)(C)OC(=O)NCCNC(=O)C1Cc2ccccc2O1. The molecule has 2 amide bonds. The molecule has 1 aromatic rings. The van der Waals surface area contributed by atoms with Gasteiger partial charge in [-0.25, -0.2) is 4.79 Å². The number of rotatable bonds is 4. The minimum atomic E-state index is -0.531. The molecule has 120 valence electrons. The van der Waals surface area contributed by atoms with Crippen LogP contribution in [0, 0.1) is 0 Å². The maximum absolute atomic E-state index is 12.0. The van der Waals surface area contributed by atoms with Crippen LogP contribution in [0.1, 0.15) is 26.3 Å². The Labute approximate surface area is 130 Å². The van der Waals surface area contributed by atoms with Gasteiger partial charge in [-0.3, -0.25) is 4.79 Å². The lowest BCUT2D eigenvalue weighted by Crippen LogP contribution is -2.42. The van der Waals surface area contributed by atoms with Crippen molar-refractivity contribution in [2.75, 3.05) is 13.1 Å². The van der Waals surface area contributed by atoms with Gasteiger partial charge in [0.25, 0.3) is 5.91 Å². The van der Waals surface area contributed by atoms with Crippen molar-refractivity contribution in [1.29, 1.82) is 0 Å². The van der Waals surface area contributed by atoms with Gasteiger partial charge in [-0.15, -0.1) is 0 Å². The number of amides is 2. The van der Waals surface area contributed by atoms with Gasteiger partial charge in [-0.1, -0.05) is 18.2 Å². The van der Waals surface area contributed by atoms with Crippen LogP contribution in [0.5, 0.6) is 5.75 Å². The van der Waals surface area contributed by atoms with Gasteiger partial charge in [0.1, 0.15) is 11.4 Å². The molecule has 1 atom stereocenters. The van der Waals surface area contributed by atoms with E-state index in [1.54, 1.807) is 20.8 Å². The lowest BCUT2D eigenvalue weighted by atomic mass is 10.1. The first kappa shape index (κ1) is 16.1. The van der Waals surface area contributed by atoms with Crippen molar-refractivity contribution < 1.29 is 19.1 Å². The number of para-hydroxylation sites is 1. The van der Waals surface area contributed by atoms with E-state index in [4.69, 9.17) is 9.47 Å². The summed E-state index contributed by atoms with van der Waals surface area (Å²) < 4.78 is 10.7. The Balaban J connectivity index is 1.66. The van der Waals surface area contributed by atoms with E-state index in [0.29, 0.717) is 19.5 Å². The number of benzene rings is 1. The summed E-state index contributed by atoms with van der Waals surface area (Å²) in [5.74, 6) is 0.580. The Morgan fingerprint density at radius 1 is 1.23 bits per heavy atom. The molecule has 0 saturated carbocycles. The van der Waals surface area contributed by atoms with Gasteiger partial charge >= 0.3 is 6.09 Å². The van der Waals surface area contributed by atoms with E-state index >= 15 is 0 Å². The molecule has 1 heterocycles. The van der Waals surface area contributed by atoms with Crippen LogP contribution in [-0.2, 0) is 16.0 Å². The molecule has 0 bridgehead atoms. The molecule has 0 aromatic heterocycles. The first-order valence-electron chi connectivity index (χ1n) is 7.34. The standard InChI is InChI=1S/C16H22N2O4/c1-16(2,3)22-15(20)18-9-8-17-14(19)13-10-11-6-4-5-7-12(11)21-13/h4-7,13H,8-10H2,1-3H3,(H,17,19)(H,18,20). The van der Waals surface area contributed by atoms with Crippen molar-refractivity contribution >= 4 is 12.0 Å². The first-order valence-corrected chi connectivity index (χ1v) is 7.34. The van der Waals surface area contributed by atoms with Crippen LogP contribution in [0.25, 0.3) is 0 Å². The number of carbonyl (C=O) groups excluding carboxylic acids is 2. The molecule has 0 radical (unpaired) electrons. The number of hydrogen-bond donors (Lipinski definition) is 2. The molecule has 1 aliphatic heterocycles. The van der Waals surface area contributed by atoms with Crippen LogP contribution in [0.15, 0.2) is 24.3 Å². The highest BCUT2D eigenvalue weighted by molar-refractivity contribution is 5.82. The van der Waals surface area contributed by atoms with Gasteiger partial charge in [-0.2, -0.15) is 0 Å². The number of carbonyl (C=O) groups is 2. The summed E-state index contributed by atoms with van der Waals surface area (Å²) in [6, 6.07) is 7.61. The highest BCUT2D eigenvalue weighted by Gasteiger charge is 2.28. The number of fused-ring (bicyclic) bond motifs is 1. The molecule has 6 nitrogen and oxygen atoms in total. The Hall–Kier alpha value is -2.24. The molecule has 0 spiro atoms. The zero-order valence-electron chi connectivity index (χ0n) is 13.1. The predicted molar refractivity (Wildman–Crippen MR) is 81.8 cm³/mol. The Morgan fingerprint density at radius 3 is 2.59 bits per heavy atom. The van der Waals surface area contributed by atoms with Gasteiger partial charge in [-0.05, 0) is 32.4 Å². The van der Waals surface area contributed by atoms with Gasteiger partial charge in [0.05, 0.1) is 0 Å². The molecule has 22 heavy (non-hydrogen) atoms. The van der Waals surface area contributed by atoms with Crippen molar-refractivity contribution in [3.63, 3.8) is 0 Å². The molecular formula is C16H22N2O4. The molecule has 6 heteroatoms. The lowest BCUT2D eigenvalue weighted by Gasteiger charge is -2.19. The minimum absolute atomic E-state index is 0.179. The second-order valence-electron chi connectivity index (χ2n) is 6.14. The van der Waals surface area contributed by atoms with Crippen molar-refractivity contribution in [3.05, 3.63) is 29.8 Å². The molecule has 1 aliphatic rings. The smallest absolute Gasteiger partial charge is 0.407 e. The van der Waals surface area contributed by atoms with Crippen LogP contribution in [-0.4, -0.2) is 36.8 Å². The number of ether oxygens (including phenoxy) is 2. The Kier molecular flexibility index (Phi) is 4.90. The lowest BCUT2D eigenvalue weighted by molar-refractivity contribution is -0.127. The highest BCUT2D eigenvalue weighted by atomic mass is 16.6. The summed E-state index contributed by atoms with van der Waals surface area (Å²) in [6.45, 7) is 6.02. The quantitative estimate of drug-likeness (QED) is 0.829. The largest absolute Gasteiger partial charge is 0.480 e. The number of nitrogens with one attached hydrogen (secondary N) is 2. The molecule has 0 aliphatic carbocycles. The maximum Gasteiger partial charge on any atom is 0.407 e. The van der Waals surface area contributed by atoms with E-state index in [2.05, 4.69) is 10.6 Å². The van der Waals surface area contributed by atoms with E-state index < -0.39 is 17.8 Å². The number of alkyl carbamates (subject to hydrolysis) is 1. The van der Waals surface area contributed by atoms with Crippen molar-refractivity contribution in [2.45, 2.75) is 38.9 Å². The molecule has 0 saturated heterocycles. The minimum Gasteiger partial charge on any atom is -0.480 e. The Morgan fingerprint density at radius 2 is 1.91 bits per heavy atom. The predicted octanol–water partition coefficient (Wildman–Crippen LogP) is 1.63. The summed E-state index contributed by atoms with van der Waals surface area (Å²) in [5.41, 5.74) is 0.506. The van der Waals surface area contributed by atoms with E-state index in [-0.39, 0.29) is 5.91 Å². The maximum atomic E-state index is 12.0. The number of hydrogen-bond acceptors (Lipinski definition) is 4. The Bertz CT molecular complexity index is 526. The van der Waals surface area contributed by atoms with Crippen molar-refractivity contribution in [2.24, 2.45) is 0 Å². The van der Waals surface area contributed by atoms with Crippen LogP contribution < -0.4 is 15.4 Å². The van der Waals surface area contributed by atoms with E-state index in [1.165, 1.54) is 0 Å². The monoisotopic (exact) mass is 306 g/mol. The zero-order valence-corrected chi connectivity index (χ0v) is 13.1. The van der Waals surface area contributed by atoms with Gasteiger partial charge in [0.2, 0.25) is 0 Å². The fourth-order valence-corrected chi connectivity index (χ4v) is 2.11. The average molecular weight is 306 g/mol. The van der Waals surface area contributed by atoms with Crippen LogP contribution in [0.3, 0.4) is 0 Å². The second-order valence-corrected chi connectivity index (χ2v) is 6.14. The summed E-state index contributed by atoms with van der Waals surface area (Å²) in [7, 11) is 0. The summed E-state index contributed by atoms with van der Waals surface area (Å²) in [4.78, 5) is 23.4. The first-order chi connectivity index (χ1) is 10.3. The van der Waals surface area contributed by atoms with Gasteiger partial charge in [0.15, 0.2) is 6.10 Å². The molecule has 2 rings (SSSR count). The van der Waals surface area contributed by atoms with Crippen LogP contribution in [0.2, 0.25) is 0 Å². The van der Waals surface area contributed by atoms with E-state index in [9.17, 15) is 9.59 Å². The van der Waals surface area contributed by atoms with Gasteiger partial charge < -0.3 is 20.1 Å². The second kappa shape index (κ2) is 6.68. The van der Waals surface area contributed by atoms with Crippen LogP contribution >= 0.6 is 0 Å². The van der Waals surface area contributed by atoms with Crippen LogP contribution in [0.4, 0.5) is 4.79 Å². The molecule has 1 aromatic carbocycles. The fourth-order valence-electron chi connectivity index (χ4n) is 2.11. The summed E-state index contributed by atoms with van der Waals surface area (Å²) in [5, 5.41) is 5.33. The third-order valence-electron chi connectivity index (χ3n) is 3.03. The third-order valence-corrected chi connectivity index (χ3v) is 3.03. The van der Waals surface area contributed by atoms with E-state index in [1.807, 2.05) is 24.3 Å².